The number of methoxy groups -OCH3 is 1. The van der Waals surface area contributed by atoms with E-state index in [0.717, 1.165) is 45.6 Å². The molecule has 1 aliphatic heterocycles. The number of amides is 3. The van der Waals surface area contributed by atoms with Crippen LogP contribution in [0.2, 0.25) is 0 Å². The Labute approximate surface area is 350 Å². The summed E-state index contributed by atoms with van der Waals surface area (Å²) in [5.41, 5.74) is 1.31. The van der Waals surface area contributed by atoms with Crippen molar-refractivity contribution in [1.82, 2.24) is 24.9 Å². The highest BCUT2D eigenvalue weighted by atomic mass is 32.2. The molecule has 4 aliphatic rings. The number of thiazole rings is 1. The van der Waals surface area contributed by atoms with Gasteiger partial charge in [-0.05, 0) is 103 Å². The van der Waals surface area contributed by atoms with Gasteiger partial charge in [0.05, 0.1) is 24.6 Å². The number of hydrogen-bond acceptors (Lipinski definition) is 11. The minimum atomic E-state index is -3.85. The SMILES string of the molecule is COc1ccc2c(O[C@@H]3C[C@@H](C(=O)N[C@]4(C(=O)NS(=O)(=O)C5CC5)C[C@H]4C4CC4)N(C(=O)[C@@H](Nc4ccccc4)C(C)(C)C)C3)nc(-c3nc(C(C)C)cs3)cc2c1C. The zero-order valence-corrected chi connectivity index (χ0v) is 36.3. The van der Waals surface area contributed by atoms with E-state index in [1.54, 1.807) is 12.0 Å². The summed E-state index contributed by atoms with van der Waals surface area (Å²) < 4.78 is 40.7. The number of rotatable bonds is 14. The molecule has 3 heterocycles. The second kappa shape index (κ2) is 15.4. The summed E-state index contributed by atoms with van der Waals surface area (Å²) in [5, 5.41) is 10.3. The van der Waals surface area contributed by atoms with Crippen LogP contribution in [0.3, 0.4) is 0 Å². The molecule has 3 amide bonds. The lowest BCUT2D eigenvalue weighted by Gasteiger charge is -2.36. The van der Waals surface area contributed by atoms with Gasteiger partial charge in [-0.2, -0.15) is 0 Å². The van der Waals surface area contributed by atoms with E-state index in [0.29, 0.717) is 36.6 Å². The number of benzene rings is 2. The predicted octanol–water partition coefficient (Wildman–Crippen LogP) is 6.57. The molecule has 3 aliphatic carbocycles. The van der Waals surface area contributed by atoms with E-state index in [4.69, 9.17) is 19.4 Å². The Morgan fingerprint density at radius 1 is 1.00 bits per heavy atom. The summed E-state index contributed by atoms with van der Waals surface area (Å²) in [7, 11) is -2.22. The summed E-state index contributed by atoms with van der Waals surface area (Å²) in [5.74, 6) is -0.175. The van der Waals surface area contributed by atoms with Gasteiger partial charge in [-0.1, -0.05) is 52.8 Å². The second-order valence-electron chi connectivity index (χ2n) is 18.1. The summed E-state index contributed by atoms with van der Waals surface area (Å²) >= 11 is 1.51. The average molecular weight is 843 g/mol. The smallest absolute Gasteiger partial charge is 0.259 e. The third-order valence-corrected chi connectivity index (χ3v) is 14.9. The summed E-state index contributed by atoms with van der Waals surface area (Å²) in [6.45, 7) is 12.1. The maximum absolute atomic E-state index is 14.9. The molecule has 59 heavy (non-hydrogen) atoms. The number of likely N-dealkylation sites (tertiary alicyclic amines) is 1. The molecule has 4 fully saturated rings. The first-order valence-corrected chi connectivity index (χ1v) is 23.0. The van der Waals surface area contributed by atoms with Crippen molar-refractivity contribution in [3.8, 4) is 22.3 Å². The molecule has 0 unspecified atom stereocenters. The number of nitrogens with zero attached hydrogens (tertiary/aromatic N) is 3. The number of carbonyl (C=O) groups is 3. The molecular formula is C44H54N6O7S2. The van der Waals surface area contributed by atoms with Crippen LogP contribution in [0.4, 0.5) is 5.69 Å². The first-order chi connectivity index (χ1) is 28.0. The Morgan fingerprint density at radius 3 is 2.36 bits per heavy atom. The number of ether oxygens (including phenoxy) is 2. The van der Waals surface area contributed by atoms with Gasteiger partial charge >= 0.3 is 0 Å². The van der Waals surface area contributed by atoms with Crippen molar-refractivity contribution in [3.05, 3.63) is 65.2 Å². The number of carbonyl (C=O) groups excluding carboxylic acids is 3. The monoisotopic (exact) mass is 842 g/mol. The van der Waals surface area contributed by atoms with Crippen LogP contribution in [-0.4, -0.2) is 83.6 Å². The first-order valence-electron chi connectivity index (χ1n) is 20.6. The van der Waals surface area contributed by atoms with Crippen LogP contribution in [0.1, 0.15) is 90.3 Å². The molecule has 2 aromatic carbocycles. The Kier molecular flexibility index (Phi) is 10.7. The third kappa shape index (κ3) is 8.24. The average Bonchev–Trinajstić information content (AvgIpc) is 4.13. The highest BCUT2D eigenvalue weighted by Gasteiger charge is 2.67. The topological polar surface area (TPSA) is 169 Å². The number of sulfonamides is 1. The van der Waals surface area contributed by atoms with Crippen LogP contribution < -0.4 is 24.8 Å². The lowest BCUT2D eigenvalue weighted by atomic mass is 9.85. The fourth-order valence-corrected chi connectivity index (χ4v) is 10.7. The van der Waals surface area contributed by atoms with Gasteiger partial charge in [0, 0.05) is 22.9 Å². The van der Waals surface area contributed by atoms with Crippen LogP contribution in [0.5, 0.6) is 11.6 Å². The first kappa shape index (κ1) is 41.0. The third-order valence-electron chi connectivity index (χ3n) is 12.2. The van der Waals surface area contributed by atoms with Gasteiger partial charge in [0.15, 0.2) is 0 Å². The molecule has 4 aromatic rings. The Balaban J connectivity index is 1.14. The molecule has 13 nitrogen and oxygen atoms in total. The number of nitrogens with one attached hydrogen (secondary N) is 3. The zero-order chi connectivity index (χ0) is 42.0. The largest absolute Gasteiger partial charge is 0.496 e. The number of pyridine rings is 1. The van der Waals surface area contributed by atoms with E-state index in [-0.39, 0.29) is 36.6 Å². The minimum Gasteiger partial charge on any atom is -0.496 e. The fourth-order valence-electron chi connectivity index (χ4n) is 8.36. The molecule has 3 saturated carbocycles. The maximum Gasteiger partial charge on any atom is 0.259 e. The molecule has 1 saturated heterocycles. The number of para-hydroxylation sites is 1. The van der Waals surface area contributed by atoms with Crippen molar-refractivity contribution in [2.75, 3.05) is 19.0 Å². The Bertz CT molecular complexity index is 2390. The number of anilines is 1. The molecule has 314 valence electrons. The molecule has 8 rings (SSSR count). The highest BCUT2D eigenvalue weighted by Crippen LogP contribution is 2.57. The van der Waals surface area contributed by atoms with Crippen LogP contribution in [0, 0.1) is 24.2 Å². The van der Waals surface area contributed by atoms with Gasteiger partial charge < -0.3 is 25.0 Å². The van der Waals surface area contributed by atoms with Crippen molar-refractivity contribution >= 4 is 55.5 Å². The standard InChI is InChI=1S/C44H54N6O7S2/c1-24(2)34-23-58-40(47-34)33-20-31-25(3)36(56-7)18-17-30(31)39(46-33)57-28-19-35(50(22-28)41(52)37(43(4,5)6)45-27-11-9-8-10-12-27)38(51)48-44(21-32(44)26-13-14-26)42(53)49-59(54,55)29-15-16-29/h8-12,17-18,20,23-24,26,28-29,32,35,37,45H,13-16,19,21-22H2,1-7H3,(H,48,51)(H,49,53)/t28-,32+,35+,37-,44-/m1/s1. The quantitative estimate of drug-likeness (QED) is 0.126. The fraction of sp³-hybridized carbons (Fsp3) is 0.523. The highest BCUT2D eigenvalue weighted by molar-refractivity contribution is 7.91. The predicted molar refractivity (Wildman–Crippen MR) is 228 cm³/mol. The van der Waals surface area contributed by atoms with Gasteiger partial charge in [-0.3, -0.25) is 19.1 Å². The van der Waals surface area contributed by atoms with Crippen molar-refractivity contribution < 1.29 is 32.3 Å². The number of hydrogen-bond donors (Lipinski definition) is 3. The zero-order valence-electron chi connectivity index (χ0n) is 34.7. The minimum absolute atomic E-state index is 0.0680. The van der Waals surface area contributed by atoms with Crippen molar-refractivity contribution in [2.24, 2.45) is 17.3 Å². The van der Waals surface area contributed by atoms with Gasteiger partial charge in [-0.15, -0.1) is 11.3 Å². The number of aryl methyl sites for hydroxylation is 1. The lowest BCUT2D eigenvalue weighted by Crippen LogP contribution is -2.58. The molecule has 15 heteroatoms. The molecule has 3 N–H and O–H groups in total. The maximum atomic E-state index is 14.9. The summed E-state index contributed by atoms with van der Waals surface area (Å²) in [4.78, 5) is 55.0. The normalized spacial score (nSPS) is 23.5. The van der Waals surface area contributed by atoms with E-state index >= 15 is 0 Å². The molecule has 0 spiro atoms. The molecule has 2 aromatic heterocycles. The summed E-state index contributed by atoms with van der Waals surface area (Å²) in [6.07, 6.45) is 2.63. The van der Waals surface area contributed by atoms with E-state index in [1.807, 2.05) is 81.6 Å². The van der Waals surface area contributed by atoms with Gasteiger partial charge in [0.2, 0.25) is 27.7 Å². The van der Waals surface area contributed by atoms with Crippen molar-refractivity contribution in [1.29, 1.82) is 0 Å². The van der Waals surface area contributed by atoms with E-state index < -0.39 is 56.2 Å². The van der Waals surface area contributed by atoms with E-state index in [1.165, 1.54) is 11.3 Å². The summed E-state index contributed by atoms with van der Waals surface area (Å²) in [6, 6.07) is 13.5. The Morgan fingerprint density at radius 2 is 1.73 bits per heavy atom. The number of aromatic nitrogens is 2. The van der Waals surface area contributed by atoms with Crippen molar-refractivity contribution in [3.63, 3.8) is 0 Å². The Hall–Kier alpha value is -4.76. The molecular weight excluding hydrogens is 789 g/mol. The van der Waals surface area contributed by atoms with Crippen LogP contribution in [-0.2, 0) is 24.4 Å². The molecule has 0 radical (unpaired) electrons. The van der Waals surface area contributed by atoms with Crippen LogP contribution >= 0.6 is 11.3 Å². The van der Waals surface area contributed by atoms with Gasteiger partial charge in [0.1, 0.15) is 40.2 Å². The molecule has 5 atom stereocenters. The van der Waals surface area contributed by atoms with Crippen LogP contribution in [0.25, 0.3) is 21.5 Å². The lowest BCUT2D eigenvalue weighted by molar-refractivity contribution is -0.141. The van der Waals surface area contributed by atoms with Crippen LogP contribution in [0.15, 0.2) is 53.9 Å². The van der Waals surface area contributed by atoms with Crippen molar-refractivity contribution in [2.45, 2.75) is 115 Å². The second-order valence-corrected chi connectivity index (χ2v) is 20.9. The van der Waals surface area contributed by atoms with E-state index in [2.05, 4.69) is 29.2 Å². The van der Waals surface area contributed by atoms with Gasteiger partial charge in [0.25, 0.3) is 5.91 Å². The molecule has 0 bridgehead atoms. The number of fused-ring (bicyclic) bond motifs is 1. The van der Waals surface area contributed by atoms with E-state index in [9.17, 15) is 22.8 Å². The van der Waals surface area contributed by atoms with Gasteiger partial charge in [-0.25, -0.2) is 18.4 Å².